The zero-order valence-corrected chi connectivity index (χ0v) is 27.5. The van der Waals surface area contributed by atoms with Crippen LogP contribution in [0.5, 0.6) is 0 Å². The molecule has 2 heterocycles. The number of Topliss-reactive ketones (excluding diaryl/α,β-unsaturated/α-hetero) is 2. The minimum absolute atomic E-state index is 0.0786. The van der Waals surface area contributed by atoms with Gasteiger partial charge in [-0.25, -0.2) is 18.5 Å². The van der Waals surface area contributed by atoms with Gasteiger partial charge in [0.05, 0.1) is 13.1 Å². The maximum Gasteiger partial charge on any atom is 0.240 e. The van der Waals surface area contributed by atoms with Gasteiger partial charge in [0.25, 0.3) is 0 Å². The molecule has 0 bridgehead atoms. The van der Waals surface area contributed by atoms with Crippen molar-refractivity contribution in [3.63, 3.8) is 0 Å². The van der Waals surface area contributed by atoms with Gasteiger partial charge in [0.15, 0.2) is 11.6 Å². The predicted octanol–water partition coefficient (Wildman–Crippen LogP) is 5.75. The van der Waals surface area contributed by atoms with E-state index in [9.17, 15) is 28.0 Å². The van der Waals surface area contributed by atoms with E-state index >= 15 is 0 Å². The lowest BCUT2D eigenvalue weighted by molar-refractivity contribution is -0.136. The van der Waals surface area contributed by atoms with Crippen LogP contribution >= 0.6 is 0 Å². The first-order valence-corrected chi connectivity index (χ1v) is 15.3. The number of ketones is 2. The Morgan fingerprint density at radius 2 is 1.00 bits per heavy atom. The van der Waals surface area contributed by atoms with Crippen LogP contribution < -0.4 is 0 Å². The summed E-state index contributed by atoms with van der Waals surface area (Å²) in [4.78, 5) is 61.3. The van der Waals surface area contributed by atoms with Crippen LogP contribution in [0.1, 0.15) is 38.8 Å². The molecule has 2 amide bonds. The van der Waals surface area contributed by atoms with Gasteiger partial charge in [-0.2, -0.15) is 0 Å². The van der Waals surface area contributed by atoms with E-state index in [0.717, 1.165) is 0 Å². The summed E-state index contributed by atoms with van der Waals surface area (Å²) < 4.78 is 27.7. The van der Waals surface area contributed by atoms with Gasteiger partial charge in [0, 0.05) is 38.0 Å². The van der Waals surface area contributed by atoms with Gasteiger partial charge in [-0.1, -0.05) is 76.3 Å². The van der Waals surface area contributed by atoms with Crippen molar-refractivity contribution in [2.75, 3.05) is 27.2 Å². The average Bonchev–Trinajstić information content (AvgIpc) is 3.04. The van der Waals surface area contributed by atoms with Crippen molar-refractivity contribution in [1.82, 2.24) is 9.80 Å². The summed E-state index contributed by atoms with van der Waals surface area (Å²) in [5, 5.41) is 0. The number of fused-ring (bicyclic) bond motifs is 2. The number of likely N-dealkylation sites (N-methyl/N-ethyl adjacent to an activating group) is 2. The third-order valence-corrected chi connectivity index (χ3v) is 9.81. The summed E-state index contributed by atoms with van der Waals surface area (Å²) >= 11 is 0. The van der Waals surface area contributed by atoms with Gasteiger partial charge in [-0.15, -0.1) is 0 Å². The molecule has 2 aliphatic carbocycles. The third-order valence-electron chi connectivity index (χ3n) is 9.81. The fourth-order valence-corrected chi connectivity index (χ4v) is 7.34. The second-order valence-corrected chi connectivity index (χ2v) is 13.4. The minimum Gasteiger partial charge on any atom is -0.341 e. The van der Waals surface area contributed by atoms with Gasteiger partial charge in [0.1, 0.15) is 22.5 Å². The molecule has 244 valence electrons. The Kier molecular flexibility index (Phi) is 8.22. The highest BCUT2D eigenvalue weighted by atomic mass is 19.1. The second kappa shape index (κ2) is 11.6. The molecule has 6 rings (SSSR count). The SMILES string of the molecule is [C-]#[N+]C1=C[C@@]2(c3cccc(F)c3)C(=O)N(C)CC=C2C(C)(C)C1=O.[C-]#[N+]C1=C[C@]2(c3cccc(F)c3)C(=O)N(C)CC=C2C(C)(C)C1=O. The van der Waals surface area contributed by atoms with E-state index in [1.165, 1.54) is 58.4 Å². The summed E-state index contributed by atoms with van der Waals surface area (Å²) in [5.41, 5.74) is -2.69. The molecule has 2 aromatic rings. The second-order valence-electron chi connectivity index (χ2n) is 13.4. The van der Waals surface area contributed by atoms with Crippen LogP contribution in [0.2, 0.25) is 0 Å². The lowest BCUT2D eigenvalue weighted by atomic mass is 9.57. The summed E-state index contributed by atoms with van der Waals surface area (Å²) in [6, 6.07) is 11.6. The van der Waals surface area contributed by atoms with Crippen molar-refractivity contribution in [3.8, 4) is 0 Å². The number of hydrogen-bond donors (Lipinski definition) is 0. The molecular formula is C38H34F2N4O4. The Bertz CT molecular complexity index is 1860. The van der Waals surface area contributed by atoms with Crippen LogP contribution in [0, 0.1) is 35.6 Å². The van der Waals surface area contributed by atoms with Crippen LogP contribution in [-0.2, 0) is 30.0 Å². The quantitative estimate of drug-likeness (QED) is 0.307. The molecule has 48 heavy (non-hydrogen) atoms. The Labute approximate surface area is 278 Å². The van der Waals surface area contributed by atoms with Crippen molar-refractivity contribution < 1.29 is 28.0 Å². The van der Waals surface area contributed by atoms with Crippen LogP contribution in [0.15, 0.2) is 95.4 Å². The van der Waals surface area contributed by atoms with Crippen molar-refractivity contribution >= 4 is 23.4 Å². The first kappa shape index (κ1) is 33.9. The number of rotatable bonds is 2. The summed E-state index contributed by atoms with van der Waals surface area (Å²) in [6.45, 7) is 22.3. The van der Waals surface area contributed by atoms with E-state index in [1.807, 2.05) is 12.2 Å². The van der Waals surface area contributed by atoms with Crippen molar-refractivity contribution in [1.29, 1.82) is 0 Å². The van der Waals surface area contributed by atoms with E-state index in [2.05, 4.69) is 9.69 Å². The van der Waals surface area contributed by atoms with Gasteiger partial charge in [0.2, 0.25) is 23.2 Å². The van der Waals surface area contributed by atoms with E-state index in [-0.39, 0.29) is 34.8 Å². The van der Waals surface area contributed by atoms with Crippen molar-refractivity contribution in [2.45, 2.75) is 38.5 Å². The van der Waals surface area contributed by atoms with Crippen molar-refractivity contribution in [3.05, 3.63) is 141 Å². The topological polar surface area (TPSA) is 83.5 Å². The predicted molar refractivity (Wildman–Crippen MR) is 175 cm³/mol. The molecule has 2 aliphatic heterocycles. The molecule has 4 aliphatic rings. The standard InChI is InChI=1S/2C19H17FN2O2/c2*1-18(2)15-8-9-22(4)17(24)19(15,11-14(21-3)16(18)23)12-6-5-7-13(20)10-12/h2*5-8,10-11H,9H2,1-2,4H3/t2*19-/m10/s1. The van der Waals surface area contributed by atoms with E-state index < -0.39 is 33.3 Å². The lowest BCUT2D eigenvalue weighted by Gasteiger charge is -2.48. The molecule has 0 saturated heterocycles. The highest BCUT2D eigenvalue weighted by Crippen LogP contribution is 2.53. The van der Waals surface area contributed by atoms with Crippen molar-refractivity contribution in [2.24, 2.45) is 10.8 Å². The minimum atomic E-state index is -1.31. The lowest BCUT2D eigenvalue weighted by Crippen LogP contribution is -2.55. The summed E-state index contributed by atoms with van der Waals surface area (Å²) in [5.74, 6) is -2.06. The van der Waals surface area contributed by atoms with Gasteiger partial charge >= 0.3 is 0 Å². The third kappa shape index (κ3) is 4.83. The molecular weight excluding hydrogens is 614 g/mol. The summed E-state index contributed by atoms with van der Waals surface area (Å²) in [7, 11) is 3.32. The summed E-state index contributed by atoms with van der Waals surface area (Å²) in [6.07, 6.45) is 6.52. The monoisotopic (exact) mass is 648 g/mol. The maximum atomic E-state index is 13.9. The van der Waals surface area contributed by atoms with Gasteiger partial charge < -0.3 is 19.4 Å². The number of hydrogen-bond acceptors (Lipinski definition) is 4. The molecule has 0 radical (unpaired) electrons. The van der Waals surface area contributed by atoms with Crippen LogP contribution in [0.3, 0.4) is 0 Å². The smallest absolute Gasteiger partial charge is 0.240 e. The number of nitrogens with zero attached hydrogens (tertiary/aromatic N) is 4. The van der Waals surface area contributed by atoms with E-state index in [0.29, 0.717) is 35.4 Å². The Morgan fingerprint density at radius 3 is 1.31 bits per heavy atom. The van der Waals surface area contributed by atoms with Crippen LogP contribution in [0.25, 0.3) is 9.69 Å². The largest absolute Gasteiger partial charge is 0.341 e. The van der Waals surface area contributed by atoms with Gasteiger partial charge in [-0.05, 0) is 46.5 Å². The van der Waals surface area contributed by atoms with E-state index in [4.69, 9.17) is 13.1 Å². The molecule has 2 aromatic carbocycles. The fraction of sp³-hybridized carbons (Fsp3) is 0.316. The number of carbonyl (C=O) groups excluding carboxylic acids is 4. The molecule has 0 aromatic heterocycles. The zero-order chi connectivity index (χ0) is 35.4. The Hall–Kier alpha value is -5.48. The number of carbonyl (C=O) groups is 4. The zero-order valence-electron chi connectivity index (χ0n) is 27.5. The highest BCUT2D eigenvalue weighted by molar-refractivity contribution is 6.11. The molecule has 0 unspecified atom stereocenters. The highest BCUT2D eigenvalue weighted by Gasteiger charge is 2.57. The number of allylic oxidation sites excluding steroid dienone is 2. The van der Waals surface area contributed by atoms with Crippen LogP contribution in [0.4, 0.5) is 8.78 Å². The first-order chi connectivity index (χ1) is 22.5. The number of benzene rings is 2. The molecule has 8 nitrogen and oxygen atoms in total. The number of halogens is 2. The molecule has 0 spiro atoms. The molecule has 10 heteroatoms. The molecule has 2 atom stereocenters. The van der Waals surface area contributed by atoms with Gasteiger partial charge in [-0.3, -0.25) is 9.59 Å². The molecule has 0 fully saturated rings. The Morgan fingerprint density at radius 1 is 0.646 bits per heavy atom. The van der Waals surface area contributed by atoms with Crippen LogP contribution in [-0.4, -0.2) is 60.4 Å². The maximum absolute atomic E-state index is 13.9. The first-order valence-electron chi connectivity index (χ1n) is 15.3. The molecule has 0 saturated carbocycles. The van der Waals surface area contributed by atoms with E-state index in [1.54, 1.807) is 53.9 Å². The Balaban J connectivity index is 0.000000188. The number of amides is 2. The fourth-order valence-electron chi connectivity index (χ4n) is 7.34. The molecule has 0 N–H and O–H groups in total. The normalized spacial score (nSPS) is 25.5. The average molecular weight is 649 g/mol.